The number of rotatable bonds is 5. The highest BCUT2D eigenvalue weighted by Gasteiger charge is 2.18. The molecule has 0 saturated carbocycles. The molecule has 0 radical (unpaired) electrons. The Kier molecular flexibility index (Phi) is 4.05. The molecule has 2 aromatic heterocycles. The van der Waals surface area contributed by atoms with E-state index in [-0.39, 0.29) is 0 Å². The summed E-state index contributed by atoms with van der Waals surface area (Å²) in [4.78, 5) is 0. The molecule has 7 heteroatoms. The van der Waals surface area contributed by atoms with Gasteiger partial charge < -0.3 is 9.88 Å². The SMILES string of the molecule is CCn1cnnc1CCn1cc(C2CCCNC2)nn1. The molecule has 108 valence electrons. The standard InChI is InChI=1S/C13H21N7/c1-2-19-10-15-17-13(19)5-7-20-9-12(16-18-20)11-4-3-6-14-8-11/h9-11,14H,2-8H2,1H3. The minimum atomic E-state index is 0.511. The molecule has 0 aliphatic carbocycles. The van der Waals surface area contributed by atoms with Crippen LogP contribution in [-0.4, -0.2) is 42.8 Å². The van der Waals surface area contributed by atoms with Gasteiger partial charge in [0.05, 0.1) is 5.69 Å². The van der Waals surface area contributed by atoms with Crippen molar-refractivity contribution < 1.29 is 0 Å². The van der Waals surface area contributed by atoms with Gasteiger partial charge >= 0.3 is 0 Å². The summed E-state index contributed by atoms with van der Waals surface area (Å²) in [6, 6.07) is 0. The molecule has 0 spiro atoms. The van der Waals surface area contributed by atoms with E-state index in [1.165, 1.54) is 12.8 Å². The molecule has 1 aliphatic rings. The second-order valence-electron chi connectivity index (χ2n) is 5.23. The molecule has 0 amide bonds. The number of nitrogens with zero attached hydrogens (tertiary/aromatic N) is 6. The van der Waals surface area contributed by atoms with Gasteiger partial charge in [0.2, 0.25) is 0 Å². The van der Waals surface area contributed by atoms with Crippen molar-refractivity contribution in [3.63, 3.8) is 0 Å². The van der Waals surface area contributed by atoms with Gasteiger partial charge in [0.1, 0.15) is 12.2 Å². The lowest BCUT2D eigenvalue weighted by Gasteiger charge is -2.20. The van der Waals surface area contributed by atoms with Gasteiger partial charge in [0.15, 0.2) is 0 Å². The molecule has 0 bridgehead atoms. The smallest absolute Gasteiger partial charge is 0.134 e. The number of aromatic nitrogens is 6. The molecular formula is C13H21N7. The number of nitrogens with one attached hydrogen (secondary N) is 1. The van der Waals surface area contributed by atoms with Crippen LogP contribution in [0.5, 0.6) is 0 Å². The Hall–Kier alpha value is -1.76. The minimum Gasteiger partial charge on any atom is -0.318 e. The van der Waals surface area contributed by atoms with E-state index >= 15 is 0 Å². The third-order valence-electron chi connectivity index (χ3n) is 3.87. The van der Waals surface area contributed by atoms with Crippen LogP contribution >= 0.6 is 0 Å². The predicted molar refractivity (Wildman–Crippen MR) is 74.3 cm³/mol. The minimum absolute atomic E-state index is 0.511. The monoisotopic (exact) mass is 275 g/mol. The normalized spacial score (nSPS) is 19.4. The summed E-state index contributed by atoms with van der Waals surface area (Å²) in [6.07, 6.45) is 7.10. The lowest BCUT2D eigenvalue weighted by Crippen LogP contribution is -2.28. The van der Waals surface area contributed by atoms with Crippen LogP contribution in [0, 0.1) is 0 Å². The number of hydrogen-bond donors (Lipinski definition) is 1. The molecule has 1 fully saturated rings. The first-order chi connectivity index (χ1) is 9.86. The molecule has 3 heterocycles. The largest absolute Gasteiger partial charge is 0.318 e. The zero-order valence-corrected chi connectivity index (χ0v) is 11.9. The Morgan fingerprint density at radius 2 is 2.35 bits per heavy atom. The summed E-state index contributed by atoms with van der Waals surface area (Å²) in [5, 5.41) is 20.0. The summed E-state index contributed by atoms with van der Waals surface area (Å²) in [5.74, 6) is 1.51. The Labute approximate surface area is 118 Å². The van der Waals surface area contributed by atoms with E-state index in [0.29, 0.717) is 5.92 Å². The zero-order chi connectivity index (χ0) is 13.8. The number of aryl methyl sites for hydroxylation is 3. The van der Waals surface area contributed by atoms with E-state index < -0.39 is 0 Å². The average Bonchev–Trinajstić information content (AvgIpc) is 3.15. The maximum atomic E-state index is 4.31. The van der Waals surface area contributed by atoms with Gasteiger partial charge in [-0.05, 0) is 26.3 Å². The summed E-state index contributed by atoms with van der Waals surface area (Å²) in [7, 11) is 0. The van der Waals surface area contributed by atoms with E-state index in [0.717, 1.165) is 44.1 Å². The van der Waals surface area contributed by atoms with E-state index in [2.05, 4.69) is 43.5 Å². The lowest BCUT2D eigenvalue weighted by molar-refractivity contribution is 0.454. The van der Waals surface area contributed by atoms with Crippen molar-refractivity contribution in [3.8, 4) is 0 Å². The fourth-order valence-electron chi connectivity index (χ4n) is 2.67. The number of piperidine rings is 1. The van der Waals surface area contributed by atoms with Crippen LogP contribution in [0.4, 0.5) is 0 Å². The van der Waals surface area contributed by atoms with Crippen molar-refractivity contribution in [2.24, 2.45) is 0 Å². The fraction of sp³-hybridized carbons (Fsp3) is 0.692. The van der Waals surface area contributed by atoms with Gasteiger partial charge in [-0.3, -0.25) is 4.68 Å². The van der Waals surface area contributed by atoms with E-state index in [9.17, 15) is 0 Å². The fourth-order valence-corrected chi connectivity index (χ4v) is 2.67. The van der Waals surface area contributed by atoms with Gasteiger partial charge in [-0.1, -0.05) is 5.21 Å². The van der Waals surface area contributed by atoms with E-state index in [4.69, 9.17) is 0 Å². The molecule has 1 unspecified atom stereocenters. The van der Waals surface area contributed by atoms with E-state index in [1.807, 2.05) is 4.68 Å². The Balaban J connectivity index is 1.59. The first-order valence-corrected chi connectivity index (χ1v) is 7.34. The van der Waals surface area contributed by atoms with E-state index in [1.54, 1.807) is 6.33 Å². The second-order valence-corrected chi connectivity index (χ2v) is 5.23. The zero-order valence-electron chi connectivity index (χ0n) is 11.9. The second kappa shape index (κ2) is 6.13. The summed E-state index contributed by atoms with van der Waals surface area (Å²) < 4.78 is 3.97. The third kappa shape index (κ3) is 2.87. The number of hydrogen-bond acceptors (Lipinski definition) is 5. The highest BCUT2D eigenvalue weighted by molar-refractivity contribution is 5.04. The Morgan fingerprint density at radius 3 is 3.15 bits per heavy atom. The third-order valence-corrected chi connectivity index (χ3v) is 3.87. The molecule has 2 aromatic rings. The summed E-state index contributed by atoms with van der Waals surface area (Å²) in [6.45, 7) is 5.93. The lowest BCUT2D eigenvalue weighted by atomic mass is 9.97. The first-order valence-electron chi connectivity index (χ1n) is 7.34. The van der Waals surface area contributed by atoms with Crippen molar-refractivity contribution in [1.82, 2.24) is 35.1 Å². The van der Waals surface area contributed by atoms with Gasteiger partial charge in [0, 0.05) is 38.2 Å². The van der Waals surface area contributed by atoms with Crippen LogP contribution in [0.1, 0.15) is 37.2 Å². The molecule has 1 aliphatic heterocycles. The van der Waals surface area contributed by atoms with Crippen molar-refractivity contribution in [3.05, 3.63) is 24.0 Å². The first kappa shape index (κ1) is 13.2. The predicted octanol–water partition coefficient (Wildman–Crippen LogP) is 0.599. The van der Waals surface area contributed by atoms with Crippen LogP contribution in [0.15, 0.2) is 12.5 Å². The van der Waals surface area contributed by atoms with Gasteiger partial charge in [-0.15, -0.1) is 15.3 Å². The Bertz CT molecular complexity index is 538. The molecular weight excluding hydrogens is 254 g/mol. The van der Waals surface area contributed by atoms with Crippen molar-refractivity contribution >= 4 is 0 Å². The molecule has 20 heavy (non-hydrogen) atoms. The van der Waals surface area contributed by atoms with Crippen LogP contribution in [0.2, 0.25) is 0 Å². The molecule has 1 atom stereocenters. The molecule has 7 nitrogen and oxygen atoms in total. The highest BCUT2D eigenvalue weighted by atomic mass is 15.4. The molecule has 0 aromatic carbocycles. The molecule has 3 rings (SSSR count). The van der Waals surface area contributed by atoms with Gasteiger partial charge in [0.25, 0.3) is 0 Å². The van der Waals surface area contributed by atoms with Crippen LogP contribution in [0.3, 0.4) is 0 Å². The maximum absolute atomic E-state index is 4.31. The quantitative estimate of drug-likeness (QED) is 0.865. The van der Waals surface area contributed by atoms with Crippen molar-refractivity contribution in [2.45, 2.75) is 45.2 Å². The Morgan fingerprint density at radius 1 is 1.40 bits per heavy atom. The highest BCUT2D eigenvalue weighted by Crippen LogP contribution is 2.20. The van der Waals surface area contributed by atoms with Crippen LogP contribution in [-0.2, 0) is 19.5 Å². The molecule has 1 saturated heterocycles. The van der Waals surface area contributed by atoms with Crippen LogP contribution in [0.25, 0.3) is 0 Å². The van der Waals surface area contributed by atoms with Crippen molar-refractivity contribution in [2.75, 3.05) is 13.1 Å². The van der Waals surface area contributed by atoms with Crippen molar-refractivity contribution in [1.29, 1.82) is 0 Å². The molecule has 1 N–H and O–H groups in total. The average molecular weight is 275 g/mol. The van der Waals surface area contributed by atoms with Gasteiger partial charge in [-0.2, -0.15) is 0 Å². The summed E-state index contributed by atoms with van der Waals surface area (Å²) in [5.41, 5.74) is 1.11. The van der Waals surface area contributed by atoms with Crippen LogP contribution < -0.4 is 5.32 Å². The van der Waals surface area contributed by atoms with Gasteiger partial charge in [-0.25, -0.2) is 0 Å². The summed E-state index contributed by atoms with van der Waals surface area (Å²) >= 11 is 0. The topological polar surface area (TPSA) is 73.5 Å². The maximum Gasteiger partial charge on any atom is 0.134 e.